The molecule has 216 valence electrons. The normalized spacial score (nSPS) is 14.8. The van der Waals surface area contributed by atoms with Crippen molar-refractivity contribution in [1.82, 2.24) is 40.1 Å². The second-order valence-corrected chi connectivity index (χ2v) is 9.89. The molecule has 1 aliphatic heterocycles. The molecule has 6 rings (SSSR count). The predicted octanol–water partition coefficient (Wildman–Crippen LogP) is 2.15. The molecule has 0 saturated carbocycles. The van der Waals surface area contributed by atoms with Gasteiger partial charge in [0.15, 0.2) is 17.2 Å². The molecular weight excluding hydrogens is 546 g/mol. The van der Waals surface area contributed by atoms with Gasteiger partial charge in [-0.15, -0.1) is 10.2 Å². The SMILES string of the molecule is CC[C@H]1CN(c2ccnc(C#CCNC(=O)c3cc4ncccn4n3)n2)CCN1c1cc(-c2ccccc2O)nnc1N. The van der Waals surface area contributed by atoms with Gasteiger partial charge in [0.25, 0.3) is 5.91 Å². The lowest BCUT2D eigenvalue weighted by molar-refractivity contribution is 0.0953. The lowest BCUT2D eigenvalue weighted by atomic mass is 10.1. The van der Waals surface area contributed by atoms with Crippen LogP contribution in [0.3, 0.4) is 0 Å². The third-order valence-electron chi connectivity index (χ3n) is 7.22. The maximum absolute atomic E-state index is 12.5. The number of nitrogens with two attached hydrogens (primary N) is 1. The van der Waals surface area contributed by atoms with E-state index in [1.54, 1.807) is 53.4 Å². The molecule has 1 amide bonds. The van der Waals surface area contributed by atoms with Crippen LogP contribution >= 0.6 is 0 Å². The molecule has 13 heteroatoms. The van der Waals surface area contributed by atoms with Gasteiger partial charge in [-0.3, -0.25) is 4.79 Å². The fourth-order valence-corrected chi connectivity index (χ4v) is 5.04. The number of benzene rings is 1. The number of nitrogens with one attached hydrogen (secondary N) is 1. The molecular formula is C30H29N11O2. The van der Waals surface area contributed by atoms with Gasteiger partial charge >= 0.3 is 0 Å². The first-order valence-corrected chi connectivity index (χ1v) is 13.8. The Hall–Kier alpha value is -5.77. The Bertz CT molecular complexity index is 1810. The van der Waals surface area contributed by atoms with E-state index in [1.165, 1.54) is 0 Å². The van der Waals surface area contributed by atoms with E-state index in [4.69, 9.17) is 5.73 Å². The van der Waals surface area contributed by atoms with Gasteiger partial charge in [-0.25, -0.2) is 19.5 Å². The van der Waals surface area contributed by atoms with Crippen LogP contribution in [0.15, 0.2) is 67.1 Å². The summed E-state index contributed by atoms with van der Waals surface area (Å²) >= 11 is 0. The summed E-state index contributed by atoms with van der Waals surface area (Å²) in [6.45, 7) is 4.33. The van der Waals surface area contributed by atoms with Crippen LogP contribution in [0.5, 0.6) is 5.75 Å². The predicted molar refractivity (Wildman–Crippen MR) is 161 cm³/mol. The molecule has 0 aliphatic carbocycles. The minimum atomic E-state index is -0.337. The first-order chi connectivity index (χ1) is 21.0. The van der Waals surface area contributed by atoms with Gasteiger partial charge in [-0.1, -0.05) is 25.0 Å². The average molecular weight is 576 g/mol. The van der Waals surface area contributed by atoms with Crippen molar-refractivity contribution in [3.05, 3.63) is 78.6 Å². The largest absolute Gasteiger partial charge is 0.507 e. The first kappa shape index (κ1) is 27.4. The van der Waals surface area contributed by atoms with Crippen LogP contribution in [-0.4, -0.2) is 78.0 Å². The summed E-state index contributed by atoms with van der Waals surface area (Å²) in [6, 6.07) is 14.3. The summed E-state index contributed by atoms with van der Waals surface area (Å²) in [5, 5.41) is 25.7. The summed E-state index contributed by atoms with van der Waals surface area (Å²) in [4.78, 5) is 30.0. The van der Waals surface area contributed by atoms with Crippen LogP contribution in [0.25, 0.3) is 16.9 Å². The van der Waals surface area contributed by atoms with E-state index >= 15 is 0 Å². The topological polar surface area (TPSA) is 164 Å². The second kappa shape index (κ2) is 12.0. The van der Waals surface area contributed by atoms with Gasteiger partial charge < -0.3 is 26.0 Å². The van der Waals surface area contributed by atoms with Crippen molar-refractivity contribution in [3.8, 4) is 28.8 Å². The van der Waals surface area contributed by atoms with Crippen molar-refractivity contribution in [1.29, 1.82) is 0 Å². The summed E-state index contributed by atoms with van der Waals surface area (Å²) < 4.78 is 1.54. The van der Waals surface area contributed by atoms with Crippen LogP contribution in [0.1, 0.15) is 29.7 Å². The van der Waals surface area contributed by atoms with Crippen molar-refractivity contribution in [2.75, 3.05) is 41.7 Å². The molecule has 1 aromatic carbocycles. The molecule has 5 heterocycles. The number of hydrogen-bond acceptors (Lipinski definition) is 11. The minimum Gasteiger partial charge on any atom is -0.507 e. The Morgan fingerprint density at radius 3 is 2.84 bits per heavy atom. The second-order valence-electron chi connectivity index (χ2n) is 9.89. The number of para-hydroxylation sites is 1. The van der Waals surface area contributed by atoms with Crippen LogP contribution in [0.4, 0.5) is 17.3 Å². The summed E-state index contributed by atoms with van der Waals surface area (Å²) in [7, 11) is 0. The Morgan fingerprint density at radius 1 is 1.12 bits per heavy atom. The van der Waals surface area contributed by atoms with Gasteiger partial charge in [-0.2, -0.15) is 5.10 Å². The number of carbonyl (C=O) groups excluding carboxylic acids is 1. The van der Waals surface area contributed by atoms with E-state index in [1.807, 2.05) is 18.2 Å². The molecule has 0 bridgehead atoms. The number of carbonyl (C=O) groups is 1. The molecule has 5 aromatic rings. The summed E-state index contributed by atoms with van der Waals surface area (Å²) in [6.07, 6.45) is 5.92. The Balaban J connectivity index is 1.11. The van der Waals surface area contributed by atoms with Gasteiger partial charge in [-0.05, 0) is 42.7 Å². The fraction of sp³-hybridized carbons (Fsp3) is 0.233. The molecule has 0 unspecified atom stereocenters. The number of amides is 1. The van der Waals surface area contributed by atoms with Crippen molar-refractivity contribution in [3.63, 3.8) is 0 Å². The average Bonchev–Trinajstić information content (AvgIpc) is 3.48. The highest BCUT2D eigenvalue weighted by Gasteiger charge is 2.29. The van der Waals surface area contributed by atoms with Crippen LogP contribution < -0.4 is 20.9 Å². The van der Waals surface area contributed by atoms with Gasteiger partial charge in [0.1, 0.15) is 11.6 Å². The van der Waals surface area contributed by atoms with Crippen molar-refractivity contribution >= 4 is 28.9 Å². The molecule has 1 saturated heterocycles. The molecule has 43 heavy (non-hydrogen) atoms. The third-order valence-corrected chi connectivity index (χ3v) is 7.22. The molecule has 1 fully saturated rings. The van der Waals surface area contributed by atoms with E-state index in [-0.39, 0.29) is 29.9 Å². The zero-order valence-corrected chi connectivity index (χ0v) is 23.4. The zero-order chi connectivity index (χ0) is 29.8. The summed E-state index contributed by atoms with van der Waals surface area (Å²) in [5.74, 6) is 7.14. The lowest BCUT2D eigenvalue weighted by Gasteiger charge is -2.43. The van der Waals surface area contributed by atoms with Gasteiger partial charge in [0, 0.05) is 55.9 Å². The van der Waals surface area contributed by atoms with Gasteiger partial charge in [0.05, 0.1) is 17.9 Å². The number of hydrogen-bond donors (Lipinski definition) is 3. The zero-order valence-electron chi connectivity index (χ0n) is 23.4. The molecule has 13 nitrogen and oxygen atoms in total. The monoisotopic (exact) mass is 575 g/mol. The number of aromatic nitrogens is 7. The molecule has 0 spiro atoms. The molecule has 1 atom stereocenters. The van der Waals surface area contributed by atoms with Crippen molar-refractivity contribution in [2.24, 2.45) is 0 Å². The van der Waals surface area contributed by atoms with E-state index in [2.05, 4.69) is 64.1 Å². The molecule has 1 aliphatic rings. The number of phenols is 1. The van der Waals surface area contributed by atoms with Crippen LogP contribution in [-0.2, 0) is 0 Å². The Morgan fingerprint density at radius 2 is 2.00 bits per heavy atom. The number of nitrogen functional groups attached to an aromatic ring is 1. The third kappa shape index (κ3) is 5.84. The Labute approximate surface area is 247 Å². The minimum absolute atomic E-state index is 0.119. The number of aromatic hydroxyl groups is 1. The summed E-state index contributed by atoms with van der Waals surface area (Å²) in [5.41, 5.74) is 9.09. The van der Waals surface area contributed by atoms with E-state index in [0.717, 1.165) is 17.9 Å². The number of nitrogens with zero attached hydrogens (tertiary/aromatic N) is 9. The fourth-order valence-electron chi connectivity index (χ4n) is 5.04. The maximum atomic E-state index is 12.5. The van der Waals surface area contributed by atoms with E-state index < -0.39 is 0 Å². The molecule has 0 radical (unpaired) electrons. The highest BCUT2D eigenvalue weighted by Crippen LogP contribution is 2.33. The number of anilines is 3. The van der Waals surface area contributed by atoms with Gasteiger partial charge in [0.2, 0.25) is 5.82 Å². The van der Waals surface area contributed by atoms with Crippen molar-refractivity contribution in [2.45, 2.75) is 19.4 Å². The highest BCUT2D eigenvalue weighted by atomic mass is 16.3. The molecule has 4 aromatic heterocycles. The number of phenolic OH excluding ortho intramolecular Hbond substituents is 1. The smallest absolute Gasteiger partial charge is 0.272 e. The highest BCUT2D eigenvalue weighted by molar-refractivity contribution is 5.93. The number of fused-ring (bicyclic) bond motifs is 1. The molecule has 4 N–H and O–H groups in total. The van der Waals surface area contributed by atoms with Crippen LogP contribution in [0.2, 0.25) is 0 Å². The lowest BCUT2D eigenvalue weighted by Crippen LogP contribution is -2.53. The standard InChI is InChI=1S/C30H29N11O2/c1-2-20-19-39(15-16-40(20)24-17-22(36-37-29(24)31)21-7-3-4-8-25(21)42)27-10-13-32-26(35-27)9-5-11-34-30(43)23-18-28-33-12-6-14-41(28)38-23/h3-4,6-8,10,12-14,17-18,20,42H,2,11,15-16,19H2,1H3,(H2,31,37)(H,34,43)/t20-/m0/s1. The van der Waals surface area contributed by atoms with E-state index in [9.17, 15) is 9.90 Å². The maximum Gasteiger partial charge on any atom is 0.272 e. The van der Waals surface area contributed by atoms with Crippen LogP contribution in [0, 0.1) is 11.8 Å². The quantitative estimate of drug-likeness (QED) is 0.254. The number of piperazine rings is 1. The Kier molecular flexibility index (Phi) is 7.64. The van der Waals surface area contributed by atoms with Crippen molar-refractivity contribution < 1.29 is 9.90 Å². The van der Waals surface area contributed by atoms with E-state index in [0.29, 0.717) is 48.2 Å². The first-order valence-electron chi connectivity index (χ1n) is 13.8. The number of rotatable bonds is 6.